The van der Waals surface area contributed by atoms with Crippen LogP contribution in [0.15, 0.2) is 12.4 Å². The average molecular weight is 318 g/mol. The van der Waals surface area contributed by atoms with Gasteiger partial charge in [-0.15, -0.1) is 0 Å². The predicted octanol–water partition coefficient (Wildman–Crippen LogP) is 1.72. The lowest BCUT2D eigenvalue weighted by Crippen LogP contribution is -2.48. The minimum Gasteiger partial charge on any atom is -0.353 e. The van der Waals surface area contributed by atoms with Gasteiger partial charge in [0, 0.05) is 38.3 Å². The Kier molecular flexibility index (Phi) is 4.98. The molecule has 0 unspecified atom stereocenters. The van der Waals surface area contributed by atoms with Gasteiger partial charge < -0.3 is 10.2 Å². The highest BCUT2D eigenvalue weighted by Gasteiger charge is 2.27. The summed E-state index contributed by atoms with van der Waals surface area (Å²) in [6, 6.07) is 0.211. The maximum Gasteiger partial charge on any atom is 0.257 e. The molecule has 6 heteroatoms. The second-order valence-corrected chi connectivity index (χ2v) is 6.81. The molecule has 126 valence electrons. The van der Waals surface area contributed by atoms with E-state index < -0.39 is 0 Å². The van der Waals surface area contributed by atoms with Gasteiger partial charge in [0.05, 0.1) is 11.8 Å². The molecule has 0 bridgehead atoms. The van der Waals surface area contributed by atoms with E-state index in [1.165, 1.54) is 19.3 Å². The van der Waals surface area contributed by atoms with Gasteiger partial charge in [-0.25, -0.2) is 0 Å². The summed E-state index contributed by atoms with van der Waals surface area (Å²) in [5, 5.41) is 7.25. The molecule has 1 N–H and O–H groups in total. The van der Waals surface area contributed by atoms with E-state index in [2.05, 4.69) is 10.4 Å². The first kappa shape index (κ1) is 16.0. The standard InChI is InChI=1S/C17H26N4O2/c1-20-12-14(11-18-20)17(23)21-9-7-15(8-10-21)19-16(22)13-5-3-2-4-6-13/h11-13,15H,2-10H2,1H3,(H,19,22). The zero-order valence-corrected chi connectivity index (χ0v) is 13.8. The van der Waals surface area contributed by atoms with Crippen molar-refractivity contribution in [1.82, 2.24) is 20.0 Å². The van der Waals surface area contributed by atoms with Gasteiger partial charge >= 0.3 is 0 Å². The number of hydrogen-bond acceptors (Lipinski definition) is 3. The van der Waals surface area contributed by atoms with E-state index in [9.17, 15) is 9.59 Å². The number of aryl methyl sites for hydroxylation is 1. The number of amides is 2. The molecule has 2 fully saturated rings. The lowest BCUT2D eigenvalue weighted by molar-refractivity contribution is -0.126. The fraction of sp³-hybridized carbons (Fsp3) is 0.706. The first-order valence-electron chi connectivity index (χ1n) is 8.72. The fourth-order valence-electron chi connectivity index (χ4n) is 3.62. The quantitative estimate of drug-likeness (QED) is 0.923. The van der Waals surface area contributed by atoms with E-state index in [0.29, 0.717) is 18.7 Å². The van der Waals surface area contributed by atoms with Crippen molar-refractivity contribution in [3.63, 3.8) is 0 Å². The van der Waals surface area contributed by atoms with Crippen molar-refractivity contribution in [2.45, 2.75) is 51.0 Å². The number of nitrogens with zero attached hydrogens (tertiary/aromatic N) is 3. The average Bonchev–Trinajstić information content (AvgIpc) is 3.02. The van der Waals surface area contributed by atoms with E-state index in [4.69, 9.17) is 0 Å². The molecule has 2 amide bonds. The molecule has 2 aliphatic rings. The topological polar surface area (TPSA) is 67.2 Å². The van der Waals surface area contributed by atoms with Crippen LogP contribution in [0.3, 0.4) is 0 Å². The SMILES string of the molecule is Cn1cc(C(=O)N2CCC(NC(=O)C3CCCCC3)CC2)cn1. The van der Waals surface area contributed by atoms with E-state index in [1.807, 2.05) is 11.9 Å². The molecule has 1 aliphatic carbocycles. The first-order valence-corrected chi connectivity index (χ1v) is 8.72. The number of carbonyl (C=O) groups excluding carboxylic acids is 2. The highest BCUT2D eigenvalue weighted by molar-refractivity contribution is 5.93. The predicted molar refractivity (Wildman–Crippen MR) is 86.9 cm³/mol. The van der Waals surface area contributed by atoms with Gasteiger partial charge in [0.25, 0.3) is 5.91 Å². The maximum absolute atomic E-state index is 12.4. The largest absolute Gasteiger partial charge is 0.353 e. The molecule has 0 aromatic carbocycles. The minimum absolute atomic E-state index is 0.0372. The maximum atomic E-state index is 12.4. The summed E-state index contributed by atoms with van der Waals surface area (Å²) < 4.78 is 1.64. The summed E-state index contributed by atoms with van der Waals surface area (Å²) in [5.74, 6) is 0.468. The number of likely N-dealkylation sites (tertiary alicyclic amines) is 1. The normalized spacial score (nSPS) is 20.5. The second kappa shape index (κ2) is 7.15. The molecule has 0 atom stereocenters. The third-order valence-corrected chi connectivity index (χ3v) is 5.06. The van der Waals surface area contributed by atoms with E-state index >= 15 is 0 Å². The third-order valence-electron chi connectivity index (χ3n) is 5.06. The number of nitrogens with one attached hydrogen (secondary N) is 1. The van der Waals surface area contributed by atoms with Crippen LogP contribution in [0.2, 0.25) is 0 Å². The highest BCUT2D eigenvalue weighted by Crippen LogP contribution is 2.24. The van der Waals surface area contributed by atoms with Gasteiger partial charge in [0.15, 0.2) is 0 Å². The zero-order chi connectivity index (χ0) is 16.2. The van der Waals surface area contributed by atoms with Gasteiger partial charge in [-0.3, -0.25) is 14.3 Å². The van der Waals surface area contributed by atoms with Crippen LogP contribution in [-0.2, 0) is 11.8 Å². The summed E-state index contributed by atoms with van der Waals surface area (Å²) in [7, 11) is 1.81. The van der Waals surface area contributed by atoms with Gasteiger partial charge in [0.2, 0.25) is 5.91 Å². The smallest absolute Gasteiger partial charge is 0.257 e. The van der Waals surface area contributed by atoms with Gasteiger partial charge in [-0.05, 0) is 25.7 Å². The molecule has 0 spiro atoms. The molecule has 1 aromatic rings. The third kappa shape index (κ3) is 3.92. The lowest BCUT2D eigenvalue weighted by Gasteiger charge is -2.33. The number of rotatable bonds is 3. The van der Waals surface area contributed by atoms with Crippen LogP contribution in [-0.4, -0.2) is 45.6 Å². The second-order valence-electron chi connectivity index (χ2n) is 6.81. The Morgan fingerprint density at radius 2 is 1.83 bits per heavy atom. The van der Waals surface area contributed by atoms with Crippen molar-refractivity contribution in [1.29, 1.82) is 0 Å². The van der Waals surface area contributed by atoms with Crippen molar-refractivity contribution in [2.24, 2.45) is 13.0 Å². The van der Waals surface area contributed by atoms with Crippen molar-refractivity contribution in [3.8, 4) is 0 Å². The van der Waals surface area contributed by atoms with Gasteiger partial charge in [0.1, 0.15) is 0 Å². The number of carbonyl (C=O) groups is 2. The molecular weight excluding hydrogens is 292 g/mol. The Morgan fingerprint density at radius 3 is 2.43 bits per heavy atom. The van der Waals surface area contributed by atoms with Crippen LogP contribution >= 0.6 is 0 Å². The van der Waals surface area contributed by atoms with Crippen molar-refractivity contribution < 1.29 is 9.59 Å². The van der Waals surface area contributed by atoms with Crippen LogP contribution in [0.4, 0.5) is 0 Å². The summed E-state index contributed by atoms with van der Waals surface area (Å²) in [6.07, 6.45) is 10.7. The Morgan fingerprint density at radius 1 is 1.13 bits per heavy atom. The molecular formula is C17H26N4O2. The van der Waals surface area contributed by atoms with E-state index in [1.54, 1.807) is 17.1 Å². The molecule has 3 rings (SSSR count). The zero-order valence-electron chi connectivity index (χ0n) is 13.8. The van der Waals surface area contributed by atoms with Crippen LogP contribution in [0.5, 0.6) is 0 Å². The Bertz CT molecular complexity index is 555. The number of piperidine rings is 1. The van der Waals surface area contributed by atoms with Crippen LogP contribution in [0.1, 0.15) is 55.3 Å². The minimum atomic E-state index is 0.0372. The molecule has 1 saturated carbocycles. The summed E-state index contributed by atoms with van der Waals surface area (Å²) in [4.78, 5) is 26.5. The summed E-state index contributed by atoms with van der Waals surface area (Å²) in [6.45, 7) is 1.40. The van der Waals surface area contributed by atoms with E-state index in [-0.39, 0.29) is 23.8 Å². The van der Waals surface area contributed by atoms with E-state index in [0.717, 1.165) is 25.7 Å². The Labute approximate surface area is 137 Å². The first-order chi connectivity index (χ1) is 11.1. The number of hydrogen-bond donors (Lipinski definition) is 1. The van der Waals surface area contributed by atoms with Crippen LogP contribution in [0, 0.1) is 5.92 Å². The molecule has 0 radical (unpaired) electrons. The Hall–Kier alpha value is -1.85. The van der Waals surface area contributed by atoms with Gasteiger partial charge in [-0.2, -0.15) is 5.10 Å². The molecule has 23 heavy (non-hydrogen) atoms. The molecule has 2 heterocycles. The Balaban J connectivity index is 1.46. The molecule has 1 aliphatic heterocycles. The highest BCUT2D eigenvalue weighted by atomic mass is 16.2. The van der Waals surface area contributed by atoms with Crippen molar-refractivity contribution >= 4 is 11.8 Å². The summed E-state index contributed by atoms with van der Waals surface area (Å²) in [5.41, 5.74) is 0.636. The van der Waals surface area contributed by atoms with Crippen molar-refractivity contribution in [2.75, 3.05) is 13.1 Å². The number of aromatic nitrogens is 2. The monoisotopic (exact) mass is 318 g/mol. The lowest BCUT2D eigenvalue weighted by atomic mass is 9.88. The fourth-order valence-corrected chi connectivity index (χ4v) is 3.62. The van der Waals surface area contributed by atoms with Crippen molar-refractivity contribution in [3.05, 3.63) is 18.0 Å². The molecule has 1 saturated heterocycles. The molecule has 6 nitrogen and oxygen atoms in total. The summed E-state index contributed by atoms with van der Waals surface area (Å²) >= 11 is 0. The van der Waals surface area contributed by atoms with Gasteiger partial charge in [-0.1, -0.05) is 19.3 Å². The van der Waals surface area contributed by atoms with Crippen LogP contribution in [0.25, 0.3) is 0 Å². The van der Waals surface area contributed by atoms with Crippen LogP contribution < -0.4 is 5.32 Å². The molecule has 1 aromatic heterocycles.